The van der Waals surface area contributed by atoms with Gasteiger partial charge in [-0.25, -0.2) is 9.59 Å². The van der Waals surface area contributed by atoms with Gasteiger partial charge in [0, 0.05) is 5.57 Å². The highest BCUT2D eigenvalue weighted by atomic mass is 16.6. The molecular formula is C9H12O6. The van der Waals surface area contributed by atoms with E-state index in [1.165, 1.54) is 14.2 Å². The SMILES string of the molecule is C=C(CC(=O)OCC(=O)OC)C(=O)OC. The van der Waals surface area contributed by atoms with E-state index in [1.807, 2.05) is 0 Å². The fourth-order valence-electron chi connectivity index (χ4n) is 0.640. The van der Waals surface area contributed by atoms with Crippen LogP contribution in [0.1, 0.15) is 6.42 Å². The molecule has 0 unspecified atom stereocenters. The van der Waals surface area contributed by atoms with E-state index >= 15 is 0 Å². The molecule has 0 aromatic rings. The highest BCUT2D eigenvalue weighted by Crippen LogP contribution is 2.02. The Labute approximate surface area is 86.8 Å². The zero-order chi connectivity index (χ0) is 11.8. The molecular weight excluding hydrogens is 204 g/mol. The Kier molecular flexibility index (Phi) is 5.77. The third-order valence-electron chi connectivity index (χ3n) is 1.41. The zero-order valence-corrected chi connectivity index (χ0v) is 8.57. The molecule has 0 heterocycles. The molecule has 0 aromatic carbocycles. The van der Waals surface area contributed by atoms with Gasteiger partial charge in [-0.05, 0) is 0 Å². The quantitative estimate of drug-likeness (QED) is 0.360. The van der Waals surface area contributed by atoms with Gasteiger partial charge in [-0.3, -0.25) is 4.79 Å². The van der Waals surface area contributed by atoms with Gasteiger partial charge in [0.1, 0.15) is 0 Å². The van der Waals surface area contributed by atoms with Crippen molar-refractivity contribution >= 4 is 17.9 Å². The molecule has 0 saturated heterocycles. The third kappa shape index (κ3) is 5.45. The highest BCUT2D eigenvalue weighted by Gasteiger charge is 2.14. The molecule has 0 aliphatic carbocycles. The largest absolute Gasteiger partial charge is 0.466 e. The van der Waals surface area contributed by atoms with Gasteiger partial charge in [0.2, 0.25) is 0 Å². The molecule has 0 amide bonds. The molecule has 15 heavy (non-hydrogen) atoms. The number of hydrogen-bond acceptors (Lipinski definition) is 6. The van der Waals surface area contributed by atoms with Gasteiger partial charge < -0.3 is 14.2 Å². The summed E-state index contributed by atoms with van der Waals surface area (Å²) in [5.41, 5.74) is -0.0348. The Morgan fingerprint density at radius 2 is 1.67 bits per heavy atom. The van der Waals surface area contributed by atoms with Crippen molar-refractivity contribution in [1.82, 2.24) is 0 Å². The number of hydrogen-bond donors (Lipinski definition) is 0. The highest BCUT2D eigenvalue weighted by molar-refractivity contribution is 5.93. The monoisotopic (exact) mass is 216 g/mol. The van der Waals surface area contributed by atoms with Crippen molar-refractivity contribution < 1.29 is 28.6 Å². The Hall–Kier alpha value is -1.85. The molecule has 0 aliphatic heterocycles. The van der Waals surface area contributed by atoms with Crippen LogP contribution in [-0.4, -0.2) is 38.7 Å². The van der Waals surface area contributed by atoms with Crippen molar-refractivity contribution in [2.75, 3.05) is 20.8 Å². The number of ether oxygens (including phenoxy) is 3. The van der Waals surface area contributed by atoms with Crippen LogP contribution in [-0.2, 0) is 28.6 Å². The van der Waals surface area contributed by atoms with E-state index in [2.05, 4.69) is 20.8 Å². The molecule has 0 N–H and O–H groups in total. The third-order valence-corrected chi connectivity index (χ3v) is 1.41. The maximum atomic E-state index is 11.0. The van der Waals surface area contributed by atoms with Crippen LogP contribution < -0.4 is 0 Å². The summed E-state index contributed by atoms with van der Waals surface area (Å²) >= 11 is 0. The van der Waals surface area contributed by atoms with Crippen molar-refractivity contribution in [3.05, 3.63) is 12.2 Å². The van der Waals surface area contributed by atoms with Crippen LogP contribution in [0.2, 0.25) is 0 Å². The normalized spacial score (nSPS) is 8.93. The smallest absolute Gasteiger partial charge is 0.344 e. The molecule has 0 spiro atoms. The number of carbonyl (C=O) groups is 3. The van der Waals surface area contributed by atoms with E-state index in [-0.39, 0.29) is 12.0 Å². The Morgan fingerprint density at radius 3 is 2.13 bits per heavy atom. The Bertz CT molecular complexity index is 280. The molecule has 0 rings (SSSR count). The summed E-state index contributed by atoms with van der Waals surface area (Å²) in [7, 11) is 2.34. The molecule has 0 atom stereocenters. The van der Waals surface area contributed by atoms with Gasteiger partial charge in [0.15, 0.2) is 6.61 Å². The molecule has 6 heteroatoms. The minimum Gasteiger partial charge on any atom is -0.466 e. The van der Waals surface area contributed by atoms with Gasteiger partial charge in [0.05, 0.1) is 20.6 Å². The van der Waals surface area contributed by atoms with E-state index in [0.717, 1.165) is 0 Å². The summed E-state index contributed by atoms with van der Waals surface area (Å²) in [5.74, 6) is -2.10. The van der Waals surface area contributed by atoms with E-state index < -0.39 is 24.5 Å². The van der Waals surface area contributed by atoms with Crippen LogP contribution in [0.25, 0.3) is 0 Å². The fourth-order valence-corrected chi connectivity index (χ4v) is 0.640. The maximum absolute atomic E-state index is 11.0. The second kappa shape index (κ2) is 6.58. The first-order valence-corrected chi connectivity index (χ1v) is 3.99. The number of esters is 3. The first-order chi connectivity index (χ1) is 7.01. The second-order valence-electron chi connectivity index (χ2n) is 2.51. The summed E-state index contributed by atoms with van der Waals surface area (Å²) in [4.78, 5) is 32.4. The lowest BCUT2D eigenvalue weighted by Crippen LogP contribution is -2.17. The number of carbonyl (C=O) groups excluding carboxylic acids is 3. The molecule has 0 radical (unpaired) electrons. The molecule has 0 bridgehead atoms. The predicted octanol–water partition coefficient (Wildman–Crippen LogP) is -0.178. The zero-order valence-electron chi connectivity index (χ0n) is 8.57. The van der Waals surface area contributed by atoms with Crippen LogP contribution in [0.5, 0.6) is 0 Å². The van der Waals surface area contributed by atoms with Crippen LogP contribution in [0.15, 0.2) is 12.2 Å². The van der Waals surface area contributed by atoms with Gasteiger partial charge in [-0.2, -0.15) is 0 Å². The average molecular weight is 216 g/mol. The lowest BCUT2D eigenvalue weighted by atomic mass is 10.2. The minimum absolute atomic E-state index is 0.0348. The van der Waals surface area contributed by atoms with Gasteiger partial charge in [0.25, 0.3) is 0 Å². The van der Waals surface area contributed by atoms with Crippen LogP contribution in [0, 0.1) is 0 Å². The van der Waals surface area contributed by atoms with E-state index in [4.69, 9.17) is 0 Å². The standard InChI is InChI=1S/C9H12O6/c1-6(9(12)14-3)4-7(10)15-5-8(11)13-2/h1,4-5H2,2-3H3. The van der Waals surface area contributed by atoms with Gasteiger partial charge >= 0.3 is 17.9 Å². The predicted molar refractivity (Wildman–Crippen MR) is 48.7 cm³/mol. The van der Waals surface area contributed by atoms with Crippen molar-refractivity contribution in [1.29, 1.82) is 0 Å². The Morgan fingerprint density at radius 1 is 1.07 bits per heavy atom. The summed E-state index contributed by atoms with van der Waals surface area (Å²) in [6.45, 7) is 2.84. The van der Waals surface area contributed by atoms with Crippen LogP contribution in [0.4, 0.5) is 0 Å². The summed E-state index contributed by atoms with van der Waals surface area (Å²) in [6, 6.07) is 0. The van der Waals surface area contributed by atoms with Crippen molar-refractivity contribution in [3.8, 4) is 0 Å². The van der Waals surface area contributed by atoms with Gasteiger partial charge in [-0.15, -0.1) is 0 Å². The van der Waals surface area contributed by atoms with E-state index in [9.17, 15) is 14.4 Å². The average Bonchev–Trinajstić information content (AvgIpc) is 2.24. The van der Waals surface area contributed by atoms with Gasteiger partial charge in [-0.1, -0.05) is 6.58 Å². The first kappa shape index (κ1) is 13.2. The number of methoxy groups -OCH3 is 2. The first-order valence-electron chi connectivity index (χ1n) is 3.99. The molecule has 6 nitrogen and oxygen atoms in total. The van der Waals surface area contributed by atoms with Crippen molar-refractivity contribution in [2.24, 2.45) is 0 Å². The molecule has 0 aromatic heterocycles. The lowest BCUT2D eigenvalue weighted by molar-refractivity contribution is -0.156. The molecule has 0 aliphatic rings. The fraction of sp³-hybridized carbons (Fsp3) is 0.444. The maximum Gasteiger partial charge on any atom is 0.344 e. The summed E-state index contributed by atoms with van der Waals surface area (Å²) in [6.07, 6.45) is -0.316. The van der Waals surface area contributed by atoms with Crippen molar-refractivity contribution in [2.45, 2.75) is 6.42 Å². The molecule has 84 valence electrons. The topological polar surface area (TPSA) is 78.9 Å². The minimum atomic E-state index is -0.740. The van der Waals surface area contributed by atoms with Crippen LogP contribution in [0.3, 0.4) is 0 Å². The summed E-state index contributed by atoms with van der Waals surface area (Å²) < 4.78 is 13.0. The molecule has 0 saturated carbocycles. The van der Waals surface area contributed by atoms with E-state index in [0.29, 0.717) is 0 Å². The number of rotatable bonds is 5. The molecule has 0 fully saturated rings. The summed E-state index contributed by atoms with van der Waals surface area (Å²) in [5, 5.41) is 0. The van der Waals surface area contributed by atoms with Crippen molar-refractivity contribution in [3.63, 3.8) is 0 Å². The second-order valence-corrected chi connectivity index (χ2v) is 2.51. The lowest BCUT2D eigenvalue weighted by Gasteiger charge is -2.04. The van der Waals surface area contributed by atoms with Crippen LogP contribution >= 0.6 is 0 Å². The Balaban J connectivity index is 3.89. The van der Waals surface area contributed by atoms with E-state index in [1.54, 1.807) is 0 Å².